The highest BCUT2D eigenvalue weighted by Gasteiger charge is 2.45. The van der Waals surface area contributed by atoms with Gasteiger partial charge in [0.1, 0.15) is 6.04 Å². The van der Waals surface area contributed by atoms with Crippen molar-refractivity contribution in [2.24, 2.45) is 5.92 Å². The molecule has 1 N–H and O–H groups in total. The molecule has 3 atom stereocenters. The van der Waals surface area contributed by atoms with Crippen molar-refractivity contribution in [1.82, 2.24) is 15.3 Å². The number of fused-ring (bicyclic) bond motifs is 1. The molecular weight excluding hydrogens is 338 g/mol. The summed E-state index contributed by atoms with van der Waals surface area (Å²) in [5, 5.41) is 16.3. The summed E-state index contributed by atoms with van der Waals surface area (Å²) in [4.78, 5) is 49.5. The first kappa shape index (κ1) is 17.9. The molecule has 1 aromatic carbocycles. The van der Waals surface area contributed by atoms with Crippen LogP contribution in [-0.2, 0) is 14.4 Å². The Kier molecular flexibility index (Phi) is 4.92. The minimum atomic E-state index is -1.40. The fourth-order valence-electron chi connectivity index (χ4n) is 3.47. The molecule has 2 aliphatic heterocycles. The van der Waals surface area contributed by atoms with E-state index in [2.05, 4.69) is 5.32 Å². The summed E-state index contributed by atoms with van der Waals surface area (Å²) >= 11 is 0. The summed E-state index contributed by atoms with van der Waals surface area (Å²) in [7, 11) is 0. The number of hydrazine groups is 1. The maximum absolute atomic E-state index is 13.0. The van der Waals surface area contributed by atoms with Crippen LogP contribution < -0.4 is 10.4 Å². The van der Waals surface area contributed by atoms with Crippen molar-refractivity contribution in [2.75, 3.05) is 6.54 Å². The summed E-state index contributed by atoms with van der Waals surface area (Å²) in [6, 6.07) is 6.21. The van der Waals surface area contributed by atoms with E-state index < -0.39 is 35.8 Å². The second-order valence-corrected chi connectivity index (χ2v) is 6.68. The summed E-state index contributed by atoms with van der Waals surface area (Å²) < 4.78 is 0. The van der Waals surface area contributed by atoms with Gasteiger partial charge in [0.25, 0.3) is 11.8 Å². The van der Waals surface area contributed by atoms with Crippen LogP contribution in [0.15, 0.2) is 30.3 Å². The van der Waals surface area contributed by atoms with E-state index in [-0.39, 0.29) is 25.3 Å². The Balaban J connectivity index is 1.89. The molecule has 1 aromatic rings. The molecular formula is C18H20N3O5-. The van der Waals surface area contributed by atoms with Gasteiger partial charge in [0.05, 0.1) is 12.0 Å². The number of aliphatic carboxylic acids is 1. The highest BCUT2D eigenvalue weighted by Crippen LogP contribution is 2.27. The number of benzene rings is 1. The number of carboxylic acids is 1. The van der Waals surface area contributed by atoms with Crippen molar-refractivity contribution in [3.05, 3.63) is 35.9 Å². The standard InChI is InChI=1S/C18H21N3O5/c1-11-10-14(22)20-9-5-8-13(18(25)26)21(20)17(24)15(11)19-16(23)12-6-3-2-4-7-12/h2-4,6-7,11,13,15H,5,8-10H2,1H3,(H,19,23)(H,25,26)/p-1/t11-,13-,15-/m0/s1. The Morgan fingerprint density at radius 2 is 1.88 bits per heavy atom. The van der Waals surface area contributed by atoms with Crippen LogP contribution in [0.25, 0.3) is 0 Å². The number of hydrogen-bond donors (Lipinski definition) is 1. The first-order chi connectivity index (χ1) is 12.4. The summed E-state index contributed by atoms with van der Waals surface area (Å²) in [5.74, 6) is -3.23. The highest BCUT2D eigenvalue weighted by atomic mass is 16.4. The molecule has 0 saturated carbocycles. The fraction of sp³-hybridized carbons (Fsp3) is 0.444. The first-order valence-electron chi connectivity index (χ1n) is 8.60. The molecule has 2 saturated heterocycles. The zero-order valence-corrected chi connectivity index (χ0v) is 14.4. The van der Waals surface area contributed by atoms with Gasteiger partial charge in [-0.05, 0) is 30.9 Å². The van der Waals surface area contributed by atoms with E-state index in [1.54, 1.807) is 37.3 Å². The molecule has 3 rings (SSSR count). The average molecular weight is 358 g/mol. The van der Waals surface area contributed by atoms with E-state index in [1.165, 1.54) is 5.01 Å². The summed E-state index contributed by atoms with van der Waals surface area (Å²) in [5.41, 5.74) is 0.384. The van der Waals surface area contributed by atoms with Crippen LogP contribution in [-0.4, -0.2) is 52.3 Å². The largest absolute Gasteiger partial charge is 0.548 e. The van der Waals surface area contributed by atoms with E-state index in [4.69, 9.17) is 0 Å². The van der Waals surface area contributed by atoms with Crippen LogP contribution in [0.5, 0.6) is 0 Å². The number of carbonyl (C=O) groups is 4. The Morgan fingerprint density at radius 3 is 2.54 bits per heavy atom. The van der Waals surface area contributed by atoms with E-state index in [1.807, 2.05) is 0 Å². The van der Waals surface area contributed by atoms with Gasteiger partial charge >= 0.3 is 0 Å². The SMILES string of the molecule is C[C@H]1CC(=O)N2CCC[C@@H](C(=O)[O-])N2C(=O)[C@H]1NC(=O)c1ccccc1. The lowest BCUT2D eigenvalue weighted by atomic mass is 9.97. The molecule has 0 unspecified atom stereocenters. The van der Waals surface area contributed by atoms with Gasteiger partial charge in [-0.25, -0.2) is 5.01 Å². The first-order valence-corrected chi connectivity index (χ1v) is 8.60. The fourth-order valence-corrected chi connectivity index (χ4v) is 3.47. The zero-order valence-electron chi connectivity index (χ0n) is 14.4. The maximum Gasteiger partial charge on any atom is 0.264 e. The van der Waals surface area contributed by atoms with Crippen molar-refractivity contribution in [2.45, 2.75) is 38.3 Å². The van der Waals surface area contributed by atoms with Crippen molar-refractivity contribution in [3.63, 3.8) is 0 Å². The van der Waals surface area contributed by atoms with Gasteiger partial charge in [-0.15, -0.1) is 0 Å². The van der Waals surface area contributed by atoms with E-state index >= 15 is 0 Å². The molecule has 0 aliphatic carbocycles. The predicted molar refractivity (Wildman–Crippen MR) is 88.1 cm³/mol. The van der Waals surface area contributed by atoms with Crippen LogP contribution >= 0.6 is 0 Å². The quantitative estimate of drug-likeness (QED) is 0.769. The Hall–Kier alpha value is -2.90. The number of amides is 3. The Bertz CT molecular complexity index is 736. The number of nitrogens with zero attached hydrogens (tertiary/aromatic N) is 2. The van der Waals surface area contributed by atoms with Gasteiger partial charge in [-0.2, -0.15) is 0 Å². The lowest BCUT2D eigenvalue weighted by Crippen LogP contribution is -2.64. The van der Waals surface area contributed by atoms with Crippen molar-refractivity contribution >= 4 is 23.7 Å². The summed E-state index contributed by atoms with van der Waals surface area (Å²) in [6.45, 7) is 1.97. The van der Waals surface area contributed by atoms with Crippen molar-refractivity contribution in [3.8, 4) is 0 Å². The Labute approximate surface area is 150 Å². The molecule has 3 amide bonds. The normalized spacial score (nSPS) is 26.1. The molecule has 2 fully saturated rings. The van der Waals surface area contributed by atoms with Crippen LogP contribution in [0.1, 0.15) is 36.5 Å². The maximum atomic E-state index is 13.0. The lowest BCUT2D eigenvalue weighted by Gasteiger charge is -2.44. The highest BCUT2D eigenvalue weighted by molar-refractivity contribution is 5.99. The smallest absolute Gasteiger partial charge is 0.264 e. The molecule has 138 valence electrons. The van der Waals surface area contributed by atoms with Gasteiger partial charge < -0.3 is 15.2 Å². The van der Waals surface area contributed by atoms with E-state index in [0.29, 0.717) is 12.0 Å². The Morgan fingerprint density at radius 1 is 1.19 bits per heavy atom. The van der Waals surface area contributed by atoms with Crippen molar-refractivity contribution < 1.29 is 24.3 Å². The third-order valence-corrected chi connectivity index (χ3v) is 4.84. The molecule has 2 aliphatic rings. The molecule has 2 heterocycles. The molecule has 8 heteroatoms. The number of carbonyl (C=O) groups excluding carboxylic acids is 4. The van der Waals surface area contributed by atoms with Gasteiger partial charge in [0.2, 0.25) is 5.91 Å². The minimum Gasteiger partial charge on any atom is -0.548 e. The zero-order chi connectivity index (χ0) is 18.8. The third-order valence-electron chi connectivity index (χ3n) is 4.84. The number of carboxylic acid groups (broad SMARTS) is 1. The molecule has 0 spiro atoms. The van der Waals surface area contributed by atoms with Gasteiger partial charge in [0.15, 0.2) is 0 Å². The lowest BCUT2D eigenvalue weighted by molar-refractivity contribution is -0.315. The number of rotatable bonds is 3. The second kappa shape index (κ2) is 7.15. The monoisotopic (exact) mass is 358 g/mol. The second-order valence-electron chi connectivity index (χ2n) is 6.68. The predicted octanol–water partition coefficient (Wildman–Crippen LogP) is -0.691. The van der Waals surface area contributed by atoms with E-state index in [0.717, 1.165) is 5.01 Å². The van der Waals surface area contributed by atoms with Gasteiger partial charge in [0, 0.05) is 18.5 Å². The topological polar surface area (TPSA) is 110 Å². The van der Waals surface area contributed by atoms with Gasteiger partial charge in [-0.3, -0.25) is 19.4 Å². The molecule has 0 bridgehead atoms. The van der Waals surface area contributed by atoms with Crippen molar-refractivity contribution in [1.29, 1.82) is 0 Å². The average Bonchev–Trinajstić information content (AvgIpc) is 2.72. The molecule has 26 heavy (non-hydrogen) atoms. The summed E-state index contributed by atoms with van der Waals surface area (Å²) in [6.07, 6.45) is 0.733. The molecule has 0 aromatic heterocycles. The number of hydrogen-bond acceptors (Lipinski definition) is 5. The van der Waals surface area contributed by atoms with Crippen LogP contribution in [0.3, 0.4) is 0 Å². The molecule has 0 radical (unpaired) electrons. The van der Waals surface area contributed by atoms with Crippen LogP contribution in [0.2, 0.25) is 0 Å². The van der Waals surface area contributed by atoms with Crippen LogP contribution in [0.4, 0.5) is 0 Å². The molecule has 8 nitrogen and oxygen atoms in total. The minimum absolute atomic E-state index is 0.0434. The van der Waals surface area contributed by atoms with Gasteiger partial charge in [-0.1, -0.05) is 25.1 Å². The third kappa shape index (κ3) is 3.26. The number of nitrogens with one attached hydrogen (secondary N) is 1. The van der Waals surface area contributed by atoms with Crippen LogP contribution in [0, 0.1) is 5.92 Å². The van der Waals surface area contributed by atoms with E-state index in [9.17, 15) is 24.3 Å².